The summed E-state index contributed by atoms with van der Waals surface area (Å²) in [7, 11) is 0. The number of morpholine rings is 1. The van der Waals surface area contributed by atoms with E-state index in [1.165, 1.54) is 0 Å². The Bertz CT molecular complexity index is 385. The number of hydrogen-bond donors (Lipinski definition) is 3. The molecule has 0 aromatic carbocycles. The molecule has 0 saturated carbocycles. The highest BCUT2D eigenvalue weighted by molar-refractivity contribution is 5.91. The third-order valence-corrected chi connectivity index (χ3v) is 3.38. The summed E-state index contributed by atoms with van der Waals surface area (Å²) in [5.41, 5.74) is 0. The van der Waals surface area contributed by atoms with Gasteiger partial charge >= 0.3 is 0 Å². The molecule has 0 aromatic rings. The van der Waals surface area contributed by atoms with Crippen molar-refractivity contribution in [1.29, 1.82) is 0 Å². The van der Waals surface area contributed by atoms with Gasteiger partial charge in [-0.1, -0.05) is 0 Å². The Hall–Kier alpha value is -1.67. The lowest BCUT2D eigenvalue weighted by Crippen LogP contribution is -2.60. The Kier molecular flexibility index (Phi) is 4.91. The maximum atomic E-state index is 12.1. The van der Waals surface area contributed by atoms with E-state index in [0.717, 1.165) is 0 Å². The maximum absolute atomic E-state index is 12.1. The molecule has 8 heteroatoms. The summed E-state index contributed by atoms with van der Waals surface area (Å²) >= 11 is 0. The van der Waals surface area contributed by atoms with Crippen LogP contribution in [0.4, 0.5) is 0 Å². The fraction of sp³-hybridized carbons (Fsp3) is 0.750. The third-order valence-electron chi connectivity index (χ3n) is 3.38. The predicted octanol–water partition coefficient (Wildman–Crippen LogP) is -2.56. The molecule has 112 valence electrons. The Morgan fingerprint density at radius 1 is 1.40 bits per heavy atom. The molecule has 2 rings (SSSR count). The van der Waals surface area contributed by atoms with Crippen molar-refractivity contribution in [3.8, 4) is 0 Å². The standard InChI is InChI=1S/C12H20N4O4/c1-8(12(19)16-2-4-20-5-3-16)15-11(18)9-6-14-10(17)7-13-9/h8-9,13H,2-7H2,1H3,(H,14,17)(H,15,18). The highest BCUT2D eigenvalue weighted by Gasteiger charge is 2.28. The highest BCUT2D eigenvalue weighted by Crippen LogP contribution is 2.01. The Balaban J connectivity index is 1.80. The van der Waals surface area contributed by atoms with E-state index in [-0.39, 0.29) is 30.8 Å². The van der Waals surface area contributed by atoms with Gasteiger partial charge in [0.05, 0.1) is 19.8 Å². The lowest BCUT2D eigenvalue weighted by Gasteiger charge is -2.30. The molecule has 20 heavy (non-hydrogen) atoms. The van der Waals surface area contributed by atoms with E-state index in [0.29, 0.717) is 26.3 Å². The smallest absolute Gasteiger partial charge is 0.245 e. The maximum Gasteiger partial charge on any atom is 0.245 e. The van der Waals surface area contributed by atoms with Gasteiger partial charge in [-0.15, -0.1) is 0 Å². The molecule has 3 N–H and O–H groups in total. The van der Waals surface area contributed by atoms with Crippen molar-refractivity contribution in [2.75, 3.05) is 39.4 Å². The molecule has 0 bridgehead atoms. The van der Waals surface area contributed by atoms with Crippen LogP contribution in [-0.2, 0) is 19.1 Å². The number of amides is 3. The summed E-state index contributed by atoms with van der Waals surface area (Å²) in [6, 6.07) is -1.08. The van der Waals surface area contributed by atoms with Crippen LogP contribution in [0.2, 0.25) is 0 Å². The molecule has 2 fully saturated rings. The van der Waals surface area contributed by atoms with Crippen LogP contribution in [0.3, 0.4) is 0 Å². The van der Waals surface area contributed by atoms with Crippen molar-refractivity contribution >= 4 is 17.7 Å². The number of rotatable bonds is 3. The molecule has 2 unspecified atom stereocenters. The largest absolute Gasteiger partial charge is 0.378 e. The van der Waals surface area contributed by atoms with Crippen LogP contribution < -0.4 is 16.0 Å². The first-order valence-electron chi connectivity index (χ1n) is 6.75. The van der Waals surface area contributed by atoms with E-state index in [2.05, 4.69) is 16.0 Å². The van der Waals surface area contributed by atoms with Gasteiger partial charge in [-0.25, -0.2) is 0 Å². The SMILES string of the molecule is CC(NC(=O)C1CNC(=O)CN1)C(=O)N1CCOCC1. The second-order valence-corrected chi connectivity index (χ2v) is 4.91. The van der Waals surface area contributed by atoms with Gasteiger partial charge in [0.25, 0.3) is 0 Å². The van der Waals surface area contributed by atoms with Crippen molar-refractivity contribution in [2.45, 2.75) is 19.0 Å². The minimum atomic E-state index is -0.583. The lowest BCUT2D eigenvalue weighted by atomic mass is 10.2. The van der Waals surface area contributed by atoms with Crippen LogP contribution in [0.15, 0.2) is 0 Å². The predicted molar refractivity (Wildman–Crippen MR) is 69.8 cm³/mol. The summed E-state index contributed by atoms with van der Waals surface area (Å²) in [5.74, 6) is -0.521. The van der Waals surface area contributed by atoms with E-state index >= 15 is 0 Å². The normalized spacial score (nSPS) is 24.8. The summed E-state index contributed by atoms with van der Waals surface area (Å²) in [4.78, 5) is 36.8. The first-order chi connectivity index (χ1) is 9.58. The number of hydrogen-bond acceptors (Lipinski definition) is 5. The van der Waals surface area contributed by atoms with Gasteiger partial charge < -0.3 is 20.3 Å². The van der Waals surface area contributed by atoms with E-state index in [1.807, 2.05) is 0 Å². The Labute approximate surface area is 117 Å². The molecule has 0 aromatic heterocycles. The average molecular weight is 284 g/mol. The highest BCUT2D eigenvalue weighted by atomic mass is 16.5. The number of nitrogens with zero attached hydrogens (tertiary/aromatic N) is 1. The number of piperazine rings is 1. The van der Waals surface area contributed by atoms with Crippen LogP contribution in [0.1, 0.15) is 6.92 Å². The van der Waals surface area contributed by atoms with Crippen LogP contribution in [0.25, 0.3) is 0 Å². The van der Waals surface area contributed by atoms with Gasteiger partial charge in [0, 0.05) is 19.6 Å². The molecule has 8 nitrogen and oxygen atoms in total. The lowest BCUT2D eigenvalue weighted by molar-refractivity contribution is -0.140. The molecule has 2 saturated heterocycles. The van der Waals surface area contributed by atoms with Gasteiger partial charge in [0.2, 0.25) is 17.7 Å². The van der Waals surface area contributed by atoms with E-state index in [4.69, 9.17) is 4.74 Å². The number of carbonyl (C=O) groups excluding carboxylic acids is 3. The summed E-state index contributed by atoms with van der Waals surface area (Å²) in [5, 5.41) is 8.10. The zero-order chi connectivity index (χ0) is 14.5. The first kappa shape index (κ1) is 14.7. The minimum Gasteiger partial charge on any atom is -0.378 e. The molecule has 2 heterocycles. The molecule has 0 aliphatic carbocycles. The molecule has 0 spiro atoms. The Morgan fingerprint density at radius 3 is 2.70 bits per heavy atom. The molecular weight excluding hydrogens is 264 g/mol. The van der Waals surface area contributed by atoms with Crippen molar-refractivity contribution in [1.82, 2.24) is 20.9 Å². The molecular formula is C12H20N4O4. The first-order valence-corrected chi connectivity index (χ1v) is 6.75. The van der Waals surface area contributed by atoms with Crippen LogP contribution in [-0.4, -0.2) is 74.1 Å². The minimum absolute atomic E-state index is 0.110. The van der Waals surface area contributed by atoms with Crippen molar-refractivity contribution in [2.24, 2.45) is 0 Å². The second kappa shape index (κ2) is 6.67. The number of ether oxygens (including phenoxy) is 1. The molecule has 2 atom stereocenters. The quantitative estimate of drug-likeness (QED) is 0.529. The molecule has 3 amide bonds. The fourth-order valence-corrected chi connectivity index (χ4v) is 2.19. The summed E-state index contributed by atoms with van der Waals surface area (Å²) < 4.78 is 5.18. The monoisotopic (exact) mass is 284 g/mol. The number of nitrogens with one attached hydrogen (secondary N) is 3. The average Bonchev–Trinajstić information content (AvgIpc) is 2.48. The van der Waals surface area contributed by atoms with Crippen LogP contribution >= 0.6 is 0 Å². The molecule has 0 radical (unpaired) electrons. The van der Waals surface area contributed by atoms with Crippen molar-refractivity contribution in [3.63, 3.8) is 0 Å². The van der Waals surface area contributed by atoms with Crippen LogP contribution in [0, 0.1) is 0 Å². The summed E-state index contributed by atoms with van der Waals surface area (Å²) in [6.07, 6.45) is 0. The third kappa shape index (κ3) is 3.67. The van der Waals surface area contributed by atoms with E-state index in [9.17, 15) is 14.4 Å². The van der Waals surface area contributed by atoms with E-state index in [1.54, 1.807) is 11.8 Å². The van der Waals surface area contributed by atoms with Crippen LogP contribution in [0.5, 0.6) is 0 Å². The van der Waals surface area contributed by atoms with Gasteiger partial charge in [-0.05, 0) is 6.92 Å². The Morgan fingerprint density at radius 2 is 2.10 bits per heavy atom. The van der Waals surface area contributed by atoms with E-state index < -0.39 is 12.1 Å². The fourth-order valence-electron chi connectivity index (χ4n) is 2.19. The van der Waals surface area contributed by atoms with Gasteiger partial charge in [-0.3, -0.25) is 19.7 Å². The second-order valence-electron chi connectivity index (χ2n) is 4.91. The van der Waals surface area contributed by atoms with Gasteiger partial charge in [0.1, 0.15) is 12.1 Å². The van der Waals surface area contributed by atoms with Gasteiger partial charge in [-0.2, -0.15) is 0 Å². The van der Waals surface area contributed by atoms with Crippen molar-refractivity contribution in [3.05, 3.63) is 0 Å². The zero-order valence-corrected chi connectivity index (χ0v) is 11.5. The molecule has 2 aliphatic rings. The summed E-state index contributed by atoms with van der Waals surface area (Å²) in [6.45, 7) is 4.18. The number of carbonyl (C=O) groups is 3. The van der Waals surface area contributed by atoms with Gasteiger partial charge in [0.15, 0.2) is 0 Å². The topological polar surface area (TPSA) is 99.8 Å². The zero-order valence-electron chi connectivity index (χ0n) is 11.5. The van der Waals surface area contributed by atoms with Crippen molar-refractivity contribution < 1.29 is 19.1 Å². The molecule has 2 aliphatic heterocycles.